The molecule has 0 unspecified atom stereocenters. The Hall–Kier alpha value is -4.81. The first kappa shape index (κ1) is 32.1. The normalized spacial score (nSPS) is 12.7. The van der Waals surface area contributed by atoms with E-state index in [0.29, 0.717) is 16.6 Å². The van der Waals surface area contributed by atoms with E-state index in [1.807, 2.05) is 44.2 Å². The lowest BCUT2D eigenvalue weighted by atomic mass is 10.0. The molecular weight excluding hydrogens is 593 g/mol. The van der Waals surface area contributed by atoms with Gasteiger partial charge in [-0.05, 0) is 61.7 Å². The molecule has 0 saturated carbocycles. The molecule has 4 aromatic rings. The predicted molar refractivity (Wildman–Crippen MR) is 152 cm³/mol. The first-order valence-electron chi connectivity index (χ1n) is 13.1. The highest BCUT2D eigenvalue weighted by Gasteiger charge is 2.76. The molecule has 0 aliphatic carbocycles. The molecule has 2 amide bonds. The van der Waals surface area contributed by atoms with E-state index >= 15 is 0 Å². The number of fused-ring (bicyclic) bond motifs is 1. The van der Waals surface area contributed by atoms with E-state index in [1.54, 1.807) is 18.2 Å². The second kappa shape index (κ2) is 12.1. The minimum absolute atomic E-state index is 0.103. The van der Waals surface area contributed by atoms with Crippen molar-refractivity contribution in [2.45, 2.75) is 45.2 Å². The fourth-order valence-electron chi connectivity index (χ4n) is 4.20. The zero-order valence-corrected chi connectivity index (χ0v) is 23.5. The molecule has 13 heteroatoms. The number of anilines is 1. The van der Waals surface area contributed by atoms with Crippen molar-refractivity contribution in [2.75, 3.05) is 5.32 Å². The number of aryl methyl sites for hydroxylation is 2. The SMILES string of the molecule is CCc1ccc(-c2cc(C(=O)N/N=C(\C)c3cccc(NC(=O)C(F)(F)C(F)(F)C(F)(F)F)c3)c3cc(C)ccc3n2)cc1. The van der Waals surface area contributed by atoms with Crippen LogP contribution in [0.25, 0.3) is 22.2 Å². The van der Waals surface area contributed by atoms with Crippen LogP contribution in [0.15, 0.2) is 77.9 Å². The molecular formula is C31H25F7N4O2. The Morgan fingerprint density at radius 1 is 0.886 bits per heavy atom. The lowest BCUT2D eigenvalue weighted by Crippen LogP contribution is -2.57. The van der Waals surface area contributed by atoms with Gasteiger partial charge in [-0.3, -0.25) is 9.59 Å². The molecule has 3 aromatic carbocycles. The summed E-state index contributed by atoms with van der Waals surface area (Å²) in [5, 5.41) is 5.98. The van der Waals surface area contributed by atoms with Gasteiger partial charge in [0.05, 0.1) is 22.5 Å². The highest BCUT2D eigenvalue weighted by atomic mass is 19.4. The van der Waals surface area contributed by atoms with E-state index < -0.39 is 35.5 Å². The van der Waals surface area contributed by atoms with Gasteiger partial charge in [0.1, 0.15) is 0 Å². The van der Waals surface area contributed by atoms with Gasteiger partial charge in [-0.25, -0.2) is 10.4 Å². The summed E-state index contributed by atoms with van der Waals surface area (Å²) in [6, 6.07) is 19.4. The van der Waals surface area contributed by atoms with Crippen LogP contribution < -0.4 is 10.7 Å². The smallest absolute Gasteiger partial charge is 0.321 e. The Bertz CT molecular complexity index is 1750. The van der Waals surface area contributed by atoms with Crippen LogP contribution in [0.3, 0.4) is 0 Å². The molecule has 0 bridgehead atoms. The molecule has 6 nitrogen and oxygen atoms in total. The fourth-order valence-corrected chi connectivity index (χ4v) is 4.20. The van der Waals surface area contributed by atoms with Crippen LogP contribution in [0.1, 0.15) is 40.9 Å². The van der Waals surface area contributed by atoms with Crippen LogP contribution in [-0.4, -0.2) is 40.5 Å². The molecule has 0 saturated heterocycles. The summed E-state index contributed by atoms with van der Waals surface area (Å²) in [6.07, 6.45) is -5.80. The number of hydrazone groups is 1. The van der Waals surface area contributed by atoms with Gasteiger partial charge in [0, 0.05) is 16.6 Å². The van der Waals surface area contributed by atoms with Crippen molar-refractivity contribution in [3.63, 3.8) is 0 Å². The minimum Gasteiger partial charge on any atom is -0.321 e. The first-order valence-corrected chi connectivity index (χ1v) is 13.1. The number of alkyl halides is 7. The molecule has 4 rings (SSSR count). The number of rotatable bonds is 8. The summed E-state index contributed by atoms with van der Waals surface area (Å²) in [6.45, 7) is 5.30. The molecule has 44 heavy (non-hydrogen) atoms. The lowest BCUT2D eigenvalue weighted by molar-refractivity contribution is -0.343. The van der Waals surface area contributed by atoms with Crippen LogP contribution in [0, 0.1) is 6.92 Å². The third-order valence-electron chi connectivity index (χ3n) is 6.77. The van der Waals surface area contributed by atoms with E-state index in [-0.39, 0.29) is 16.8 Å². The average Bonchev–Trinajstić information content (AvgIpc) is 2.98. The first-order chi connectivity index (χ1) is 20.5. The van der Waals surface area contributed by atoms with Crippen LogP contribution in [-0.2, 0) is 11.2 Å². The molecule has 0 spiro atoms. The highest BCUT2D eigenvalue weighted by molar-refractivity contribution is 6.08. The maximum atomic E-state index is 13.8. The Morgan fingerprint density at radius 2 is 1.57 bits per heavy atom. The third kappa shape index (κ3) is 6.41. The zero-order valence-electron chi connectivity index (χ0n) is 23.5. The average molecular weight is 619 g/mol. The molecule has 1 heterocycles. The van der Waals surface area contributed by atoms with Crippen molar-refractivity contribution in [3.05, 3.63) is 95.1 Å². The molecule has 0 atom stereocenters. The number of halogens is 7. The highest BCUT2D eigenvalue weighted by Crippen LogP contribution is 2.46. The van der Waals surface area contributed by atoms with Gasteiger partial charge in [-0.15, -0.1) is 0 Å². The number of nitrogens with one attached hydrogen (secondary N) is 2. The van der Waals surface area contributed by atoms with Crippen LogP contribution in [0.4, 0.5) is 36.4 Å². The van der Waals surface area contributed by atoms with Gasteiger partial charge in [-0.2, -0.15) is 35.8 Å². The van der Waals surface area contributed by atoms with Crippen molar-refractivity contribution < 1.29 is 40.3 Å². The van der Waals surface area contributed by atoms with E-state index in [1.165, 1.54) is 24.4 Å². The Balaban J connectivity index is 1.59. The number of amides is 2. The maximum absolute atomic E-state index is 13.8. The van der Waals surface area contributed by atoms with E-state index in [2.05, 4.69) is 10.5 Å². The summed E-state index contributed by atoms with van der Waals surface area (Å²) in [4.78, 5) is 29.8. The molecule has 230 valence electrons. The Morgan fingerprint density at radius 3 is 2.20 bits per heavy atom. The number of hydrogen-bond acceptors (Lipinski definition) is 4. The molecule has 2 N–H and O–H groups in total. The second-order valence-corrected chi connectivity index (χ2v) is 9.95. The summed E-state index contributed by atoms with van der Waals surface area (Å²) < 4.78 is 91.4. The molecule has 0 aliphatic heterocycles. The van der Waals surface area contributed by atoms with Crippen LogP contribution >= 0.6 is 0 Å². The van der Waals surface area contributed by atoms with Crippen molar-refractivity contribution >= 4 is 34.1 Å². The van der Waals surface area contributed by atoms with Gasteiger partial charge in [0.2, 0.25) is 0 Å². The minimum atomic E-state index is -6.66. The molecule has 0 aliphatic rings. The van der Waals surface area contributed by atoms with Crippen LogP contribution in [0.5, 0.6) is 0 Å². The van der Waals surface area contributed by atoms with Gasteiger partial charge in [0.15, 0.2) is 0 Å². The van der Waals surface area contributed by atoms with Crippen molar-refractivity contribution in [1.29, 1.82) is 0 Å². The van der Waals surface area contributed by atoms with Crippen molar-refractivity contribution in [3.8, 4) is 11.3 Å². The largest absolute Gasteiger partial charge is 0.460 e. The second-order valence-electron chi connectivity index (χ2n) is 9.95. The number of carbonyl (C=O) groups excluding carboxylic acids is 2. The van der Waals surface area contributed by atoms with Crippen molar-refractivity contribution in [2.24, 2.45) is 5.10 Å². The molecule has 0 fully saturated rings. The number of aromatic nitrogens is 1. The van der Waals surface area contributed by atoms with E-state index in [4.69, 9.17) is 4.98 Å². The molecule has 1 aromatic heterocycles. The quantitative estimate of drug-likeness (QED) is 0.121. The van der Waals surface area contributed by atoms with Crippen molar-refractivity contribution in [1.82, 2.24) is 10.4 Å². The Labute approximate surface area is 247 Å². The maximum Gasteiger partial charge on any atom is 0.460 e. The standard InChI is InChI=1S/C31H25F7N4O2/c1-4-19-9-11-20(12-10-19)26-16-24(23-14-17(2)8-13-25(23)40-26)27(43)42-41-18(3)21-6-5-7-22(15-21)39-28(44)29(32,33)30(34,35)31(36,37)38/h5-16H,4H2,1-3H3,(H,39,44)(H,42,43)/b41-18+. The molecule has 0 radical (unpaired) electrons. The van der Waals surface area contributed by atoms with Gasteiger partial charge in [-0.1, -0.05) is 55.0 Å². The summed E-state index contributed by atoms with van der Waals surface area (Å²) in [5.74, 6) is -16.1. The zero-order chi connectivity index (χ0) is 32.4. The third-order valence-corrected chi connectivity index (χ3v) is 6.77. The fraction of sp³-hybridized carbons (Fsp3) is 0.226. The lowest BCUT2D eigenvalue weighted by Gasteiger charge is -2.27. The number of benzene rings is 3. The van der Waals surface area contributed by atoms with E-state index in [0.717, 1.165) is 35.2 Å². The van der Waals surface area contributed by atoms with Gasteiger partial charge in [0.25, 0.3) is 5.91 Å². The predicted octanol–water partition coefficient (Wildman–Crippen LogP) is 7.70. The number of nitrogens with zero attached hydrogens (tertiary/aromatic N) is 2. The van der Waals surface area contributed by atoms with E-state index in [9.17, 15) is 40.3 Å². The van der Waals surface area contributed by atoms with Gasteiger partial charge >= 0.3 is 23.9 Å². The number of pyridine rings is 1. The topological polar surface area (TPSA) is 83.5 Å². The number of hydrogen-bond donors (Lipinski definition) is 2. The van der Waals surface area contributed by atoms with Crippen LogP contribution in [0.2, 0.25) is 0 Å². The van der Waals surface area contributed by atoms with Gasteiger partial charge < -0.3 is 5.32 Å². The monoisotopic (exact) mass is 618 g/mol. The Kier molecular flexibility index (Phi) is 8.80. The number of carbonyl (C=O) groups is 2. The summed E-state index contributed by atoms with van der Waals surface area (Å²) in [5.41, 5.74) is 6.33. The summed E-state index contributed by atoms with van der Waals surface area (Å²) in [7, 11) is 0. The summed E-state index contributed by atoms with van der Waals surface area (Å²) >= 11 is 0.